The molecule has 0 spiro atoms. The van der Waals surface area contributed by atoms with Gasteiger partial charge in [0.15, 0.2) is 5.96 Å². The fourth-order valence-electron chi connectivity index (χ4n) is 13.8. The van der Waals surface area contributed by atoms with Crippen LogP contribution in [0.2, 0.25) is 0 Å². The molecule has 716 valence electrons. The smallest absolute Gasteiger partial charge is 0.326 e. The first-order valence-electron chi connectivity index (χ1n) is 43.2. The summed E-state index contributed by atoms with van der Waals surface area (Å²) in [6.45, 7) is 20.5. The standard InChI is InChI=1S/C83H140N20O24/c1-41(2)35-50(85)68(112)100-65(46(11)104)78(122)93-54(28-31-64(110)111)71(115)95-56(36-42(3)4)74(118)94-55(23-17-18-32-84)81(125)103-34-20-25-61(103)77(121)92-51(24-19-33-89-83(87)88)72(116)101-66(47(12)105)79(123)97-57(37-43(5)6)73(117)91-52(26-29-62(86)107)69(113)90-53(27-30-63(108)109)70(114)96-59(39-45(9)10)76(120)102-67(48(13)106)80(124)98-58(38-44(7)8)75(119)99-60(82(126)127)40-49-21-15-14-16-22-49/h14-16,21-22,41-48,50-61,65-67,104-106H,17-20,23-40,84-85H2,1-13H3,(H2,86,107)(H,90,113)(H,91,117)(H,92,121)(H,93,122)(H,94,118)(H,95,115)(H,96,114)(H,97,123)(H,98,124)(H,99,119)(H,100,112)(H,101,116)(H,102,120)(H,108,109)(H,110,111)(H,126,127)(H4,87,88,89)/t46-,47-,48-,50+,51+,52+,53+,54+,55+,56+,57+,58+,59+,60+,61?,65+,66+,67+/m1/s1. The van der Waals surface area contributed by atoms with Crippen molar-refractivity contribution >= 4 is 112 Å². The van der Waals surface area contributed by atoms with Gasteiger partial charge in [-0.15, -0.1) is 0 Å². The molecule has 29 N–H and O–H groups in total. The molecule has 1 aliphatic heterocycles. The number of hydrogen-bond acceptors (Lipinski definition) is 24. The zero-order chi connectivity index (χ0) is 96.4. The summed E-state index contributed by atoms with van der Waals surface area (Å²) in [4.78, 5) is 254. The molecule has 1 aromatic rings. The lowest BCUT2D eigenvalue weighted by Crippen LogP contribution is -2.62. The molecule has 127 heavy (non-hydrogen) atoms. The van der Waals surface area contributed by atoms with E-state index in [1.54, 1.807) is 85.7 Å². The molecule has 18 atom stereocenters. The predicted molar refractivity (Wildman–Crippen MR) is 463 cm³/mol. The van der Waals surface area contributed by atoms with Crippen molar-refractivity contribution in [1.29, 1.82) is 0 Å². The Morgan fingerprint density at radius 3 is 1.09 bits per heavy atom. The van der Waals surface area contributed by atoms with Crippen molar-refractivity contribution in [3.05, 3.63) is 35.9 Å². The molecule has 1 heterocycles. The number of nitrogens with one attached hydrogen (secondary N) is 13. The number of hydrogen-bond donors (Lipinski definition) is 24. The van der Waals surface area contributed by atoms with E-state index in [1.807, 2.05) is 13.8 Å². The first-order valence-corrected chi connectivity index (χ1v) is 43.2. The second kappa shape index (κ2) is 56.8. The van der Waals surface area contributed by atoms with Gasteiger partial charge >= 0.3 is 17.9 Å². The predicted octanol–water partition coefficient (Wildman–Crippen LogP) is -4.51. The summed E-state index contributed by atoms with van der Waals surface area (Å²) in [5.74, 6) is -21.4. The third kappa shape index (κ3) is 42.3. The number of likely N-dealkylation sites (tertiary alicyclic amines) is 1. The molecule has 0 saturated carbocycles. The lowest BCUT2D eigenvalue weighted by Gasteiger charge is -2.32. The highest BCUT2D eigenvalue weighted by molar-refractivity contribution is 6.01. The van der Waals surface area contributed by atoms with Crippen LogP contribution in [0.25, 0.3) is 0 Å². The zero-order valence-electron chi connectivity index (χ0n) is 75.0. The second-order valence-corrected chi connectivity index (χ2v) is 34.4. The molecule has 1 aliphatic rings. The van der Waals surface area contributed by atoms with Gasteiger partial charge in [-0.3, -0.25) is 86.5 Å². The number of carbonyl (C=O) groups excluding carboxylic acids is 15. The van der Waals surface area contributed by atoms with Crippen LogP contribution in [0.3, 0.4) is 0 Å². The minimum Gasteiger partial charge on any atom is -0.481 e. The number of carbonyl (C=O) groups is 18. The number of nitrogens with zero attached hydrogens (tertiary/aromatic N) is 2. The molecule has 1 saturated heterocycles. The van der Waals surface area contributed by atoms with Crippen molar-refractivity contribution in [2.45, 2.75) is 321 Å². The summed E-state index contributed by atoms with van der Waals surface area (Å²) < 4.78 is 0. The molecule has 1 unspecified atom stereocenters. The number of primary amides is 1. The van der Waals surface area contributed by atoms with Crippen molar-refractivity contribution in [3.63, 3.8) is 0 Å². The Bertz CT molecular complexity index is 3860. The number of amides is 15. The fraction of sp³-hybridized carbons (Fsp3) is 0.699. The lowest BCUT2D eigenvalue weighted by atomic mass is 9.99. The molecule has 1 fully saturated rings. The molecule has 44 nitrogen and oxygen atoms in total. The highest BCUT2D eigenvalue weighted by Gasteiger charge is 2.43. The summed E-state index contributed by atoms with van der Waals surface area (Å²) in [5.41, 5.74) is 29.2. The Morgan fingerprint density at radius 2 is 0.724 bits per heavy atom. The molecule has 0 bridgehead atoms. The normalized spacial score (nSPS) is 16.6. The van der Waals surface area contributed by atoms with E-state index >= 15 is 0 Å². The van der Waals surface area contributed by atoms with Crippen LogP contribution in [0, 0.1) is 29.6 Å². The third-order valence-corrected chi connectivity index (χ3v) is 20.4. The Labute approximate surface area is 740 Å². The maximum Gasteiger partial charge on any atom is 0.326 e. The van der Waals surface area contributed by atoms with E-state index in [1.165, 1.54) is 11.8 Å². The number of guanidine groups is 1. The van der Waals surface area contributed by atoms with Gasteiger partial charge in [0.2, 0.25) is 88.6 Å². The number of aliphatic hydroxyl groups is 3. The molecule has 0 aromatic heterocycles. The Hall–Kier alpha value is -11.3. The number of benzene rings is 1. The van der Waals surface area contributed by atoms with Crippen molar-refractivity contribution in [3.8, 4) is 0 Å². The van der Waals surface area contributed by atoms with Crippen LogP contribution in [-0.4, -0.2) is 277 Å². The van der Waals surface area contributed by atoms with Crippen LogP contribution in [0.15, 0.2) is 35.3 Å². The molecule has 0 radical (unpaired) electrons. The van der Waals surface area contributed by atoms with Crippen molar-refractivity contribution in [2.24, 2.45) is 63.3 Å². The fourth-order valence-corrected chi connectivity index (χ4v) is 13.8. The minimum absolute atomic E-state index is 0.00724. The first kappa shape index (κ1) is 112. The first-order chi connectivity index (χ1) is 59.4. The number of carboxylic acid groups (broad SMARTS) is 3. The number of rotatable bonds is 60. The Balaban J connectivity index is 2.56. The molecular weight excluding hydrogens is 1660 g/mol. The van der Waals surface area contributed by atoms with Crippen molar-refractivity contribution < 1.29 is 117 Å². The monoisotopic (exact) mass is 1800 g/mol. The summed E-state index contributed by atoms with van der Waals surface area (Å²) in [6.07, 6.45) is -8.79. The third-order valence-electron chi connectivity index (χ3n) is 20.4. The quantitative estimate of drug-likeness (QED) is 0.0166. The van der Waals surface area contributed by atoms with Gasteiger partial charge in [0.05, 0.1) is 24.4 Å². The number of carboxylic acids is 3. The number of unbranched alkanes of at least 4 members (excludes halogenated alkanes) is 1. The van der Waals surface area contributed by atoms with Gasteiger partial charge < -0.3 is 133 Å². The van der Waals surface area contributed by atoms with Gasteiger partial charge in [0.1, 0.15) is 84.6 Å². The summed E-state index contributed by atoms with van der Waals surface area (Å²) in [7, 11) is 0. The SMILES string of the molecule is CC(C)C[C@H](NC(=O)[C@H](CCC(=O)O)NC(=O)[C@@H](NC(=O)[C@@H](N)CC(C)C)[C@@H](C)O)C(=O)N[C@@H](CCCCN)C(=O)N1CCCC1C(=O)N[C@@H](CCCN=C(N)N)C(=O)N[C@H](C(=O)N[C@@H](CC(C)C)C(=O)N[C@@H](CCC(N)=O)C(=O)N[C@@H](CCC(=O)O)C(=O)N[C@@H](CC(C)C)C(=O)N[C@H](C(=O)N[C@@H](CC(C)C)C(=O)N[C@@H](Cc1ccccc1)C(=O)O)[C@@H](C)O)[C@@H](C)O. The van der Waals surface area contributed by atoms with Gasteiger partial charge in [-0.2, -0.15) is 0 Å². The second-order valence-electron chi connectivity index (χ2n) is 34.4. The van der Waals surface area contributed by atoms with Crippen LogP contribution in [0.1, 0.15) is 211 Å². The number of nitrogens with two attached hydrogens (primary N) is 5. The van der Waals surface area contributed by atoms with E-state index in [-0.39, 0.29) is 120 Å². The van der Waals surface area contributed by atoms with E-state index < -0.39 is 266 Å². The van der Waals surface area contributed by atoms with E-state index in [2.05, 4.69) is 74.1 Å². The topological polar surface area (TPSA) is 731 Å². The lowest BCUT2D eigenvalue weighted by molar-refractivity contribution is -0.143. The molecule has 44 heteroatoms. The van der Waals surface area contributed by atoms with E-state index in [4.69, 9.17) is 28.7 Å². The van der Waals surface area contributed by atoms with Gasteiger partial charge in [0.25, 0.3) is 0 Å². The Kier molecular flexibility index (Phi) is 50.0. The van der Waals surface area contributed by atoms with Crippen LogP contribution >= 0.6 is 0 Å². The number of aliphatic imine (C=N–C) groups is 1. The zero-order valence-corrected chi connectivity index (χ0v) is 75.0. The highest BCUT2D eigenvalue weighted by Crippen LogP contribution is 2.23. The van der Waals surface area contributed by atoms with E-state index in [9.17, 15) is 117 Å². The molecule has 15 amide bonds. The van der Waals surface area contributed by atoms with Crippen molar-refractivity contribution in [2.75, 3.05) is 19.6 Å². The van der Waals surface area contributed by atoms with Crippen LogP contribution < -0.4 is 97.8 Å². The summed E-state index contributed by atoms with van der Waals surface area (Å²) >= 11 is 0. The number of aliphatic hydroxyl groups excluding tert-OH is 3. The molecule has 1 aromatic carbocycles. The average molecular weight is 1800 g/mol. The van der Waals surface area contributed by atoms with Gasteiger partial charge in [-0.1, -0.05) is 99.6 Å². The number of aliphatic carboxylic acids is 3. The van der Waals surface area contributed by atoms with E-state index in [0.29, 0.717) is 12.0 Å². The average Bonchev–Trinajstić information content (AvgIpc) is 1.73. The minimum atomic E-state index is -1.95. The largest absolute Gasteiger partial charge is 0.481 e. The maximum atomic E-state index is 14.9. The van der Waals surface area contributed by atoms with E-state index in [0.717, 1.165) is 13.8 Å². The van der Waals surface area contributed by atoms with Gasteiger partial charge in [0, 0.05) is 38.8 Å². The van der Waals surface area contributed by atoms with Crippen LogP contribution in [-0.2, 0) is 92.7 Å². The Morgan fingerprint density at radius 1 is 0.394 bits per heavy atom. The maximum absolute atomic E-state index is 14.9. The van der Waals surface area contributed by atoms with Crippen molar-refractivity contribution in [1.82, 2.24) is 74.0 Å². The van der Waals surface area contributed by atoms with Gasteiger partial charge in [-0.25, -0.2) is 4.79 Å². The molecule has 0 aliphatic carbocycles. The van der Waals surface area contributed by atoms with Crippen LogP contribution in [0.4, 0.5) is 0 Å². The summed E-state index contributed by atoms with van der Waals surface area (Å²) in [6, 6.07) is -15.3. The van der Waals surface area contributed by atoms with Crippen LogP contribution in [0.5, 0.6) is 0 Å². The molecular formula is C83H140N20O24. The summed E-state index contributed by atoms with van der Waals surface area (Å²) in [5, 5.41) is 94.5. The highest BCUT2D eigenvalue weighted by atomic mass is 16.4. The van der Waals surface area contributed by atoms with Gasteiger partial charge in [-0.05, 0) is 159 Å². The molecule has 2 rings (SSSR count).